The molecule has 0 saturated carbocycles. The van der Waals surface area contributed by atoms with Crippen LogP contribution in [0.1, 0.15) is 22.8 Å². The van der Waals surface area contributed by atoms with Crippen molar-refractivity contribution in [2.75, 3.05) is 18.5 Å². The summed E-state index contributed by atoms with van der Waals surface area (Å²) in [5.74, 6) is 0.832. The van der Waals surface area contributed by atoms with Crippen LogP contribution in [-0.4, -0.2) is 23.9 Å². The molecule has 0 bridgehead atoms. The highest BCUT2D eigenvalue weighted by molar-refractivity contribution is 6.32. The van der Waals surface area contributed by atoms with E-state index in [1.54, 1.807) is 18.2 Å². The summed E-state index contributed by atoms with van der Waals surface area (Å²) in [6.45, 7) is 2.55. The lowest BCUT2D eigenvalue weighted by Gasteiger charge is -2.20. The smallest absolute Gasteiger partial charge is 0.293 e. The second-order valence-electron chi connectivity index (χ2n) is 5.50. The molecule has 0 atom stereocenters. The van der Waals surface area contributed by atoms with Crippen molar-refractivity contribution in [3.05, 3.63) is 56.6 Å². The molecule has 0 aliphatic carbocycles. The number of hydrogen-bond donors (Lipinski definition) is 1. The zero-order valence-electron chi connectivity index (χ0n) is 13.4. The number of carbonyl (C=O) groups excluding carboxylic acids is 1. The monoisotopic (exact) mass is 362 g/mol. The molecule has 0 radical (unpaired) electrons. The number of ether oxygens (including phenoxy) is 2. The fourth-order valence-corrected chi connectivity index (χ4v) is 2.80. The van der Waals surface area contributed by atoms with Gasteiger partial charge in [0.05, 0.1) is 9.95 Å². The molecule has 0 spiro atoms. The van der Waals surface area contributed by atoms with E-state index in [0.717, 1.165) is 5.56 Å². The van der Waals surface area contributed by atoms with Gasteiger partial charge in [0.15, 0.2) is 17.3 Å². The van der Waals surface area contributed by atoms with E-state index in [0.29, 0.717) is 47.5 Å². The van der Waals surface area contributed by atoms with Gasteiger partial charge in [-0.1, -0.05) is 11.6 Å². The highest BCUT2D eigenvalue weighted by atomic mass is 35.5. The number of benzene rings is 2. The average molecular weight is 363 g/mol. The number of hydrogen-bond acceptors (Lipinski definition) is 6. The maximum absolute atomic E-state index is 11.4. The van der Waals surface area contributed by atoms with Crippen molar-refractivity contribution in [3.8, 4) is 11.5 Å². The topological polar surface area (TPSA) is 90.7 Å². The number of nitro groups is 1. The fraction of sp³-hybridized carbons (Fsp3) is 0.235. The van der Waals surface area contributed by atoms with E-state index in [2.05, 4.69) is 5.32 Å². The first kappa shape index (κ1) is 17.0. The van der Waals surface area contributed by atoms with Gasteiger partial charge in [0.1, 0.15) is 18.9 Å². The van der Waals surface area contributed by atoms with Crippen molar-refractivity contribution in [2.24, 2.45) is 0 Å². The zero-order valence-corrected chi connectivity index (χ0v) is 14.1. The van der Waals surface area contributed by atoms with Gasteiger partial charge in [0.2, 0.25) is 0 Å². The van der Waals surface area contributed by atoms with Gasteiger partial charge in [0.25, 0.3) is 5.69 Å². The third-order valence-electron chi connectivity index (χ3n) is 3.74. The Kier molecular flexibility index (Phi) is 4.76. The quantitative estimate of drug-likeness (QED) is 0.493. The number of nitro benzene ring substituents is 1. The first-order valence-electron chi connectivity index (χ1n) is 7.57. The third-order valence-corrected chi connectivity index (χ3v) is 4.02. The zero-order chi connectivity index (χ0) is 18.0. The number of Topliss-reactive ketones (excluding diaryl/α,β-unsaturated/α-hetero) is 1. The minimum atomic E-state index is -0.522. The Labute approximate surface area is 148 Å². The van der Waals surface area contributed by atoms with Crippen LogP contribution in [0.4, 0.5) is 11.4 Å². The highest BCUT2D eigenvalue weighted by Crippen LogP contribution is 2.38. The van der Waals surface area contributed by atoms with Gasteiger partial charge in [0, 0.05) is 18.2 Å². The summed E-state index contributed by atoms with van der Waals surface area (Å²) >= 11 is 6.19. The Morgan fingerprint density at radius 3 is 2.76 bits per heavy atom. The first-order valence-corrected chi connectivity index (χ1v) is 7.95. The fourth-order valence-electron chi connectivity index (χ4n) is 2.51. The van der Waals surface area contributed by atoms with E-state index in [-0.39, 0.29) is 11.5 Å². The molecule has 1 aliphatic rings. The molecule has 1 aliphatic heterocycles. The van der Waals surface area contributed by atoms with Crippen molar-refractivity contribution in [3.63, 3.8) is 0 Å². The van der Waals surface area contributed by atoms with Crippen LogP contribution in [0.3, 0.4) is 0 Å². The van der Waals surface area contributed by atoms with Crippen molar-refractivity contribution in [1.29, 1.82) is 0 Å². The summed E-state index contributed by atoms with van der Waals surface area (Å²) in [4.78, 5) is 22.1. The van der Waals surface area contributed by atoms with Crippen LogP contribution in [0.5, 0.6) is 11.5 Å². The number of carbonyl (C=O) groups is 1. The lowest BCUT2D eigenvalue weighted by Crippen LogP contribution is -2.16. The molecule has 0 aromatic heterocycles. The second-order valence-corrected chi connectivity index (χ2v) is 5.91. The lowest BCUT2D eigenvalue weighted by atomic mass is 10.1. The first-order chi connectivity index (χ1) is 12.0. The summed E-state index contributed by atoms with van der Waals surface area (Å²) in [7, 11) is 0. The molecule has 0 unspecified atom stereocenters. The van der Waals surface area contributed by atoms with E-state index < -0.39 is 4.92 Å². The number of ketones is 1. The van der Waals surface area contributed by atoms with Gasteiger partial charge in [-0.25, -0.2) is 0 Å². The molecule has 0 amide bonds. The van der Waals surface area contributed by atoms with Gasteiger partial charge in [-0.15, -0.1) is 0 Å². The van der Waals surface area contributed by atoms with Crippen LogP contribution in [0.15, 0.2) is 30.3 Å². The van der Waals surface area contributed by atoms with Gasteiger partial charge < -0.3 is 14.8 Å². The second kappa shape index (κ2) is 6.98. The Morgan fingerprint density at radius 1 is 1.28 bits per heavy atom. The molecule has 1 N–H and O–H groups in total. The van der Waals surface area contributed by atoms with Crippen molar-refractivity contribution in [2.45, 2.75) is 13.5 Å². The highest BCUT2D eigenvalue weighted by Gasteiger charge is 2.18. The van der Waals surface area contributed by atoms with E-state index in [9.17, 15) is 14.9 Å². The maximum Gasteiger partial charge on any atom is 0.293 e. The van der Waals surface area contributed by atoms with E-state index in [1.807, 2.05) is 0 Å². The van der Waals surface area contributed by atoms with Crippen LogP contribution in [0.2, 0.25) is 5.02 Å². The molecule has 130 valence electrons. The summed E-state index contributed by atoms with van der Waals surface area (Å²) in [6.07, 6.45) is 0. The predicted molar refractivity (Wildman–Crippen MR) is 92.9 cm³/mol. The predicted octanol–water partition coefficient (Wildman–Crippen LogP) is 3.83. The van der Waals surface area contributed by atoms with E-state index in [4.69, 9.17) is 21.1 Å². The van der Waals surface area contributed by atoms with Crippen molar-refractivity contribution < 1.29 is 19.2 Å². The standard InChI is InChI=1S/C17H15ClN2O5/c1-10(21)12-2-3-14(15(8-12)20(22)23)19-9-11-6-13(18)17-16(7-11)24-4-5-25-17/h2-3,6-8,19H,4-5,9H2,1H3. The summed E-state index contributed by atoms with van der Waals surface area (Å²) in [5.41, 5.74) is 1.25. The van der Waals surface area contributed by atoms with Crippen LogP contribution in [0.25, 0.3) is 0 Å². The maximum atomic E-state index is 11.4. The average Bonchev–Trinajstić information content (AvgIpc) is 2.59. The lowest BCUT2D eigenvalue weighted by molar-refractivity contribution is -0.384. The number of rotatable bonds is 5. The summed E-state index contributed by atoms with van der Waals surface area (Å²) in [6, 6.07) is 7.84. The number of nitrogens with zero attached hydrogens (tertiary/aromatic N) is 1. The largest absolute Gasteiger partial charge is 0.486 e. The molecule has 0 saturated heterocycles. The van der Waals surface area contributed by atoms with E-state index in [1.165, 1.54) is 19.1 Å². The summed E-state index contributed by atoms with van der Waals surface area (Å²) in [5, 5.41) is 14.7. The molecular formula is C17H15ClN2O5. The van der Waals surface area contributed by atoms with Crippen LogP contribution >= 0.6 is 11.6 Å². The Bertz CT molecular complexity index is 853. The minimum absolute atomic E-state index is 0.156. The molecule has 7 nitrogen and oxygen atoms in total. The molecule has 8 heteroatoms. The van der Waals surface area contributed by atoms with Crippen LogP contribution in [0, 0.1) is 10.1 Å². The van der Waals surface area contributed by atoms with Crippen LogP contribution < -0.4 is 14.8 Å². The third kappa shape index (κ3) is 3.66. The van der Waals surface area contributed by atoms with Gasteiger partial charge in [-0.05, 0) is 36.8 Å². The Morgan fingerprint density at radius 2 is 2.04 bits per heavy atom. The Hall–Kier alpha value is -2.80. The number of fused-ring (bicyclic) bond motifs is 1. The molecule has 0 fully saturated rings. The molecule has 1 heterocycles. The molecular weight excluding hydrogens is 348 g/mol. The Balaban J connectivity index is 1.83. The van der Waals surface area contributed by atoms with Crippen molar-refractivity contribution >= 4 is 28.8 Å². The number of anilines is 1. The van der Waals surface area contributed by atoms with Gasteiger partial charge in [-0.3, -0.25) is 14.9 Å². The van der Waals surface area contributed by atoms with Gasteiger partial charge in [-0.2, -0.15) is 0 Å². The number of nitrogens with one attached hydrogen (secondary N) is 1. The van der Waals surface area contributed by atoms with Gasteiger partial charge >= 0.3 is 0 Å². The van der Waals surface area contributed by atoms with E-state index >= 15 is 0 Å². The SMILES string of the molecule is CC(=O)c1ccc(NCc2cc(Cl)c3c(c2)OCCO3)c([N+](=O)[O-])c1. The molecule has 2 aromatic carbocycles. The summed E-state index contributed by atoms with van der Waals surface area (Å²) < 4.78 is 11.0. The number of halogens is 1. The van der Waals surface area contributed by atoms with Crippen molar-refractivity contribution in [1.82, 2.24) is 0 Å². The molecule has 3 rings (SSSR count). The molecule has 25 heavy (non-hydrogen) atoms. The molecule has 2 aromatic rings. The minimum Gasteiger partial charge on any atom is -0.486 e. The van der Waals surface area contributed by atoms with Crippen LogP contribution in [-0.2, 0) is 6.54 Å². The normalized spacial score (nSPS) is 12.6.